The van der Waals surface area contributed by atoms with Crippen molar-refractivity contribution >= 4 is 37.7 Å². The Kier molecular flexibility index (Phi) is 5.41. The SMILES string of the molecule is Cc1c(Br)cc(CO)cc1S(=O)(=O)N1CC(C)SC(C)C1. The van der Waals surface area contributed by atoms with Crippen LogP contribution >= 0.6 is 27.7 Å². The lowest BCUT2D eigenvalue weighted by molar-refractivity contribution is 0.281. The van der Waals surface area contributed by atoms with Crippen molar-refractivity contribution in [3.63, 3.8) is 0 Å². The molecule has 1 aliphatic rings. The third kappa shape index (κ3) is 3.64. The van der Waals surface area contributed by atoms with Gasteiger partial charge in [-0.25, -0.2) is 8.42 Å². The first-order chi connectivity index (χ1) is 9.75. The molecule has 2 rings (SSSR count). The average molecular weight is 394 g/mol. The molecule has 0 spiro atoms. The molecular formula is C14H20BrNO3S2. The average Bonchev–Trinajstić information content (AvgIpc) is 2.40. The van der Waals surface area contributed by atoms with Gasteiger partial charge in [-0.15, -0.1) is 0 Å². The lowest BCUT2D eigenvalue weighted by atomic mass is 10.2. The third-order valence-corrected chi connectivity index (χ3v) is 7.55. The van der Waals surface area contributed by atoms with Gasteiger partial charge >= 0.3 is 0 Å². The van der Waals surface area contributed by atoms with E-state index < -0.39 is 10.0 Å². The highest BCUT2D eigenvalue weighted by Gasteiger charge is 2.33. The van der Waals surface area contributed by atoms with Crippen LogP contribution in [0.4, 0.5) is 0 Å². The lowest BCUT2D eigenvalue weighted by Gasteiger charge is -2.34. The maximum absolute atomic E-state index is 12.9. The standard InChI is InChI=1S/C14H20BrNO3S2/c1-9-6-16(7-10(2)20-9)21(18,19)14-5-12(8-17)4-13(15)11(14)3/h4-5,9-10,17H,6-8H2,1-3H3. The van der Waals surface area contributed by atoms with Gasteiger partial charge in [0.05, 0.1) is 11.5 Å². The van der Waals surface area contributed by atoms with Crippen LogP contribution < -0.4 is 0 Å². The van der Waals surface area contributed by atoms with Crippen molar-refractivity contribution in [2.24, 2.45) is 0 Å². The summed E-state index contributed by atoms with van der Waals surface area (Å²) in [6.07, 6.45) is 0. The molecule has 2 unspecified atom stereocenters. The van der Waals surface area contributed by atoms with Crippen LogP contribution in [0, 0.1) is 6.92 Å². The quantitative estimate of drug-likeness (QED) is 0.857. The highest BCUT2D eigenvalue weighted by Crippen LogP contribution is 2.32. The number of thioether (sulfide) groups is 1. The van der Waals surface area contributed by atoms with Gasteiger partial charge in [-0.3, -0.25) is 0 Å². The number of hydrogen-bond donors (Lipinski definition) is 1. The van der Waals surface area contributed by atoms with Gasteiger partial charge in [0, 0.05) is 28.1 Å². The lowest BCUT2D eigenvalue weighted by Crippen LogP contribution is -2.44. The number of sulfonamides is 1. The molecule has 1 N–H and O–H groups in total. The molecule has 1 heterocycles. The summed E-state index contributed by atoms with van der Waals surface area (Å²) >= 11 is 5.20. The molecule has 118 valence electrons. The molecular weight excluding hydrogens is 374 g/mol. The van der Waals surface area contributed by atoms with Crippen molar-refractivity contribution < 1.29 is 13.5 Å². The van der Waals surface area contributed by atoms with Crippen LogP contribution in [0.15, 0.2) is 21.5 Å². The summed E-state index contributed by atoms with van der Waals surface area (Å²) in [5, 5.41) is 9.88. The number of benzene rings is 1. The summed E-state index contributed by atoms with van der Waals surface area (Å²) in [7, 11) is -3.53. The van der Waals surface area contributed by atoms with E-state index in [0.717, 1.165) is 0 Å². The molecule has 0 bridgehead atoms. The zero-order valence-corrected chi connectivity index (χ0v) is 15.6. The minimum Gasteiger partial charge on any atom is -0.392 e. The van der Waals surface area contributed by atoms with Crippen LogP contribution in [-0.4, -0.2) is 41.4 Å². The summed E-state index contributed by atoms with van der Waals surface area (Å²) in [6, 6.07) is 3.33. The maximum Gasteiger partial charge on any atom is 0.243 e. The van der Waals surface area contributed by atoms with Gasteiger partial charge in [0.25, 0.3) is 0 Å². The maximum atomic E-state index is 12.9. The summed E-state index contributed by atoms with van der Waals surface area (Å²) < 4.78 is 28.1. The normalized spacial score (nSPS) is 24.2. The van der Waals surface area contributed by atoms with E-state index >= 15 is 0 Å². The summed E-state index contributed by atoms with van der Waals surface area (Å²) in [6.45, 7) is 6.76. The Morgan fingerprint density at radius 3 is 2.43 bits per heavy atom. The zero-order chi connectivity index (χ0) is 15.8. The van der Waals surface area contributed by atoms with Gasteiger partial charge in [0.2, 0.25) is 10.0 Å². The molecule has 0 aliphatic carbocycles. The van der Waals surface area contributed by atoms with Crippen molar-refractivity contribution in [2.45, 2.75) is 42.8 Å². The Hall–Kier alpha value is -0.0800. The van der Waals surface area contributed by atoms with Gasteiger partial charge < -0.3 is 5.11 Å². The Morgan fingerprint density at radius 1 is 1.33 bits per heavy atom. The molecule has 4 nitrogen and oxygen atoms in total. The number of nitrogens with zero attached hydrogens (tertiary/aromatic N) is 1. The zero-order valence-electron chi connectivity index (χ0n) is 12.3. The van der Waals surface area contributed by atoms with Gasteiger partial charge in [-0.2, -0.15) is 16.1 Å². The fraction of sp³-hybridized carbons (Fsp3) is 0.571. The van der Waals surface area contributed by atoms with Crippen LogP contribution in [0.3, 0.4) is 0 Å². The molecule has 0 radical (unpaired) electrons. The molecule has 0 amide bonds. The van der Waals surface area contributed by atoms with E-state index in [4.69, 9.17) is 0 Å². The largest absolute Gasteiger partial charge is 0.392 e. The molecule has 1 aliphatic heterocycles. The van der Waals surface area contributed by atoms with E-state index in [1.165, 1.54) is 0 Å². The molecule has 1 aromatic carbocycles. The Bertz CT molecular complexity index is 623. The number of rotatable bonds is 3. The summed E-state index contributed by atoms with van der Waals surface area (Å²) in [4.78, 5) is 0.284. The molecule has 0 aromatic heterocycles. The van der Waals surface area contributed by atoms with E-state index in [0.29, 0.717) is 28.7 Å². The van der Waals surface area contributed by atoms with E-state index in [1.807, 2.05) is 11.8 Å². The third-order valence-electron chi connectivity index (χ3n) is 3.54. The van der Waals surface area contributed by atoms with Crippen molar-refractivity contribution in [1.82, 2.24) is 4.31 Å². The molecule has 7 heteroatoms. The van der Waals surface area contributed by atoms with Crippen molar-refractivity contribution in [1.29, 1.82) is 0 Å². The Morgan fingerprint density at radius 2 is 1.90 bits per heavy atom. The van der Waals surface area contributed by atoms with Gasteiger partial charge in [-0.1, -0.05) is 29.8 Å². The van der Waals surface area contributed by atoms with E-state index in [-0.39, 0.29) is 22.0 Å². The van der Waals surface area contributed by atoms with Crippen LogP contribution in [0.2, 0.25) is 0 Å². The molecule has 1 aromatic rings. The fourth-order valence-corrected chi connectivity index (χ4v) is 6.60. The molecule has 1 saturated heterocycles. The number of aliphatic hydroxyl groups excluding tert-OH is 1. The number of hydrogen-bond acceptors (Lipinski definition) is 4. The van der Waals surface area contributed by atoms with Crippen LogP contribution in [0.1, 0.15) is 25.0 Å². The highest BCUT2D eigenvalue weighted by molar-refractivity contribution is 9.10. The minimum absolute atomic E-state index is 0.177. The second kappa shape index (κ2) is 6.58. The number of halogens is 1. The topological polar surface area (TPSA) is 57.6 Å². The number of aliphatic hydroxyl groups is 1. The highest BCUT2D eigenvalue weighted by atomic mass is 79.9. The monoisotopic (exact) mass is 393 g/mol. The van der Waals surface area contributed by atoms with Crippen molar-refractivity contribution in [3.8, 4) is 0 Å². The van der Waals surface area contributed by atoms with Gasteiger partial charge in [0.15, 0.2) is 0 Å². The predicted molar refractivity (Wildman–Crippen MR) is 90.1 cm³/mol. The first-order valence-electron chi connectivity index (χ1n) is 6.81. The van der Waals surface area contributed by atoms with Crippen molar-refractivity contribution in [2.75, 3.05) is 13.1 Å². The Labute approximate surface area is 139 Å². The summed E-state index contributed by atoms with van der Waals surface area (Å²) in [5.74, 6) is 0. The molecule has 1 fully saturated rings. The first-order valence-corrected chi connectivity index (χ1v) is 9.98. The molecule has 21 heavy (non-hydrogen) atoms. The van der Waals surface area contributed by atoms with Crippen LogP contribution in [-0.2, 0) is 16.6 Å². The summed E-state index contributed by atoms with van der Waals surface area (Å²) in [5.41, 5.74) is 1.28. The second-order valence-corrected chi connectivity index (χ2v) is 10.1. The van der Waals surface area contributed by atoms with E-state index in [1.54, 1.807) is 23.4 Å². The van der Waals surface area contributed by atoms with Crippen molar-refractivity contribution in [3.05, 3.63) is 27.7 Å². The van der Waals surface area contributed by atoms with Crippen LogP contribution in [0.5, 0.6) is 0 Å². The molecule has 0 saturated carbocycles. The predicted octanol–water partition coefficient (Wildman–Crippen LogP) is 2.76. The van der Waals surface area contributed by atoms with Gasteiger partial charge in [0.1, 0.15) is 0 Å². The van der Waals surface area contributed by atoms with E-state index in [9.17, 15) is 13.5 Å². The van der Waals surface area contributed by atoms with Crippen LogP contribution in [0.25, 0.3) is 0 Å². The van der Waals surface area contributed by atoms with E-state index in [2.05, 4.69) is 29.8 Å². The Balaban J connectivity index is 2.46. The van der Waals surface area contributed by atoms with Gasteiger partial charge in [-0.05, 0) is 30.2 Å². The fourth-order valence-electron chi connectivity index (χ4n) is 2.53. The smallest absolute Gasteiger partial charge is 0.243 e. The first kappa shape index (κ1) is 17.3. The minimum atomic E-state index is -3.53. The second-order valence-electron chi connectivity index (χ2n) is 5.44. The molecule has 2 atom stereocenters.